The maximum atomic E-state index is 10.7. The third-order valence-corrected chi connectivity index (χ3v) is 2.79. The molecule has 0 aliphatic rings. The molecular formula is C8H5Cl2NO4. The molecule has 0 saturated heterocycles. The highest BCUT2D eigenvalue weighted by Crippen LogP contribution is 2.35. The number of hydrogen-bond donors (Lipinski definition) is 1. The van der Waals surface area contributed by atoms with E-state index < -0.39 is 16.6 Å². The summed E-state index contributed by atoms with van der Waals surface area (Å²) in [6.45, 7) is 1.42. The third kappa shape index (κ3) is 2.03. The monoisotopic (exact) mass is 249 g/mol. The zero-order valence-electron chi connectivity index (χ0n) is 7.45. The largest absolute Gasteiger partial charge is 0.478 e. The highest BCUT2D eigenvalue weighted by molar-refractivity contribution is 6.39. The fourth-order valence-electron chi connectivity index (χ4n) is 1.04. The van der Waals surface area contributed by atoms with Crippen LogP contribution in [0.15, 0.2) is 6.07 Å². The van der Waals surface area contributed by atoms with Gasteiger partial charge in [-0.3, -0.25) is 10.1 Å². The van der Waals surface area contributed by atoms with Gasteiger partial charge in [-0.1, -0.05) is 23.2 Å². The Morgan fingerprint density at radius 1 is 1.47 bits per heavy atom. The standard InChI is InChI=1S/C8H5Cl2NO4/c1-3-6(9)4(8(12)13)2-5(7(3)10)11(14)15/h2H,1H3,(H,12,13). The van der Waals surface area contributed by atoms with Crippen LogP contribution >= 0.6 is 23.2 Å². The average molecular weight is 250 g/mol. The van der Waals surface area contributed by atoms with E-state index in [2.05, 4.69) is 0 Å². The number of nitro groups is 1. The van der Waals surface area contributed by atoms with Crippen molar-refractivity contribution < 1.29 is 14.8 Å². The fourth-order valence-corrected chi connectivity index (χ4v) is 1.54. The lowest BCUT2D eigenvalue weighted by atomic mass is 10.1. The molecule has 80 valence electrons. The van der Waals surface area contributed by atoms with Crippen molar-refractivity contribution in [1.82, 2.24) is 0 Å². The molecule has 1 aromatic carbocycles. The van der Waals surface area contributed by atoms with E-state index in [0.717, 1.165) is 6.07 Å². The first-order valence-corrected chi connectivity index (χ1v) is 4.48. The van der Waals surface area contributed by atoms with Gasteiger partial charge in [-0.15, -0.1) is 0 Å². The van der Waals surface area contributed by atoms with E-state index in [1.807, 2.05) is 0 Å². The SMILES string of the molecule is Cc1c(Cl)c(C(=O)O)cc([N+](=O)[O-])c1Cl. The van der Waals surface area contributed by atoms with Gasteiger partial charge in [0.05, 0.1) is 15.5 Å². The van der Waals surface area contributed by atoms with E-state index in [1.165, 1.54) is 6.92 Å². The summed E-state index contributed by atoms with van der Waals surface area (Å²) in [5, 5.41) is 19.1. The van der Waals surface area contributed by atoms with Crippen molar-refractivity contribution >= 4 is 34.9 Å². The topological polar surface area (TPSA) is 80.4 Å². The Bertz CT molecular complexity index is 420. The normalized spacial score (nSPS) is 10.1. The predicted molar refractivity (Wildman–Crippen MR) is 54.8 cm³/mol. The van der Waals surface area contributed by atoms with Crippen LogP contribution in [-0.2, 0) is 0 Å². The Kier molecular flexibility index (Phi) is 3.16. The molecule has 0 saturated carbocycles. The van der Waals surface area contributed by atoms with Crippen LogP contribution in [0.5, 0.6) is 0 Å². The number of carboxylic acids is 1. The molecule has 0 fully saturated rings. The van der Waals surface area contributed by atoms with Crippen LogP contribution in [0.25, 0.3) is 0 Å². The van der Waals surface area contributed by atoms with Crippen molar-refractivity contribution in [3.63, 3.8) is 0 Å². The zero-order valence-corrected chi connectivity index (χ0v) is 8.96. The molecule has 0 radical (unpaired) electrons. The molecule has 1 N–H and O–H groups in total. The second-order valence-corrected chi connectivity index (χ2v) is 3.51. The summed E-state index contributed by atoms with van der Waals surface area (Å²) in [7, 11) is 0. The van der Waals surface area contributed by atoms with Gasteiger partial charge in [0.1, 0.15) is 5.02 Å². The fraction of sp³-hybridized carbons (Fsp3) is 0.125. The van der Waals surface area contributed by atoms with Gasteiger partial charge in [0.25, 0.3) is 5.69 Å². The van der Waals surface area contributed by atoms with E-state index in [1.54, 1.807) is 0 Å². The third-order valence-electron chi connectivity index (χ3n) is 1.83. The number of carbonyl (C=O) groups is 1. The number of nitro benzene ring substituents is 1. The van der Waals surface area contributed by atoms with Crippen LogP contribution in [0.1, 0.15) is 15.9 Å². The Morgan fingerprint density at radius 2 is 2.00 bits per heavy atom. The number of aromatic carboxylic acids is 1. The van der Waals surface area contributed by atoms with Gasteiger partial charge in [-0.2, -0.15) is 0 Å². The summed E-state index contributed by atoms with van der Waals surface area (Å²) in [5.74, 6) is -1.33. The van der Waals surface area contributed by atoms with Gasteiger partial charge in [0.2, 0.25) is 0 Å². The van der Waals surface area contributed by atoms with Crippen LogP contribution < -0.4 is 0 Å². The quantitative estimate of drug-likeness (QED) is 0.646. The predicted octanol–water partition coefficient (Wildman–Crippen LogP) is 2.91. The molecule has 0 heterocycles. The summed E-state index contributed by atoms with van der Waals surface area (Å²) in [4.78, 5) is 20.5. The van der Waals surface area contributed by atoms with Crippen molar-refractivity contribution in [2.75, 3.05) is 0 Å². The van der Waals surface area contributed by atoms with E-state index >= 15 is 0 Å². The maximum Gasteiger partial charge on any atom is 0.337 e. The molecule has 1 aromatic rings. The Morgan fingerprint density at radius 3 is 2.40 bits per heavy atom. The van der Waals surface area contributed by atoms with E-state index in [4.69, 9.17) is 28.3 Å². The average Bonchev–Trinajstić information content (AvgIpc) is 2.13. The Labute approximate surface area is 94.4 Å². The molecular weight excluding hydrogens is 245 g/mol. The van der Waals surface area contributed by atoms with Crippen LogP contribution in [0, 0.1) is 17.0 Å². The first-order valence-electron chi connectivity index (χ1n) is 3.72. The minimum absolute atomic E-state index is 0.0851. The summed E-state index contributed by atoms with van der Waals surface area (Å²) < 4.78 is 0. The summed E-state index contributed by atoms with van der Waals surface area (Å²) in [5.41, 5.74) is -0.605. The van der Waals surface area contributed by atoms with E-state index in [9.17, 15) is 14.9 Å². The molecule has 0 aliphatic heterocycles. The molecule has 7 heteroatoms. The minimum atomic E-state index is -1.33. The first-order chi connectivity index (χ1) is 6.86. The molecule has 0 amide bonds. The molecule has 0 aliphatic carbocycles. The van der Waals surface area contributed by atoms with Crippen molar-refractivity contribution in [2.45, 2.75) is 6.92 Å². The van der Waals surface area contributed by atoms with E-state index in [-0.39, 0.29) is 21.2 Å². The summed E-state index contributed by atoms with van der Waals surface area (Å²) >= 11 is 11.3. The molecule has 5 nitrogen and oxygen atoms in total. The number of rotatable bonds is 2. The number of hydrogen-bond acceptors (Lipinski definition) is 3. The molecule has 0 aromatic heterocycles. The van der Waals surface area contributed by atoms with Crippen molar-refractivity contribution in [2.24, 2.45) is 0 Å². The lowest BCUT2D eigenvalue weighted by molar-refractivity contribution is -0.384. The smallest absolute Gasteiger partial charge is 0.337 e. The highest BCUT2D eigenvalue weighted by Gasteiger charge is 2.23. The Balaban J connectivity index is 3.59. The second kappa shape index (κ2) is 4.04. The number of carboxylic acid groups (broad SMARTS) is 1. The zero-order chi connectivity index (χ0) is 11.7. The Hall–Kier alpha value is -1.33. The molecule has 0 unspecified atom stereocenters. The van der Waals surface area contributed by atoms with Gasteiger partial charge in [0.15, 0.2) is 0 Å². The highest BCUT2D eigenvalue weighted by atomic mass is 35.5. The lowest BCUT2D eigenvalue weighted by Gasteiger charge is -2.05. The molecule has 0 bridgehead atoms. The van der Waals surface area contributed by atoms with Gasteiger partial charge in [0, 0.05) is 6.07 Å². The maximum absolute atomic E-state index is 10.7. The van der Waals surface area contributed by atoms with Crippen molar-refractivity contribution in [3.8, 4) is 0 Å². The number of benzene rings is 1. The summed E-state index contributed by atoms with van der Waals surface area (Å²) in [6, 6.07) is 0.847. The molecule has 1 rings (SSSR count). The van der Waals surface area contributed by atoms with Crippen LogP contribution in [0.2, 0.25) is 10.0 Å². The van der Waals surface area contributed by atoms with Crippen molar-refractivity contribution in [1.29, 1.82) is 0 Å². The number of halogens is 2. The van der Waals surface area contributed by atoms with Gasteiger partial charge in [-0.25, -0.2) is 4.79 Å². The van der Waals surface area contributed by atoms with Crippen LogP contribution in [-0.4, -0.2) is 16.0 Å². The minimum Gasteiger partial charge on any atom is -0.478 e. The second-order valence-electron chi connectivity index (χ2n) is 2.76. The lowest BCUT2D eigenvalue weighted by Crippen LogP contribution is -2.02. The summed E-state index contributed by atoms with van der Waals surface area (Å²) in [6.07, 6.45) is 0. The van der Waals surface area contributed by atoms with Gasteiger partial charge >= 0.3 is 5.97 Å². The van der Waals surface area contributed by atoms with E-state index in [0.29, 0.717) is 0 Å². The number of nitrogens with zero attached hydrogens (tertiary/aromatic N) is 1. The van der Waals surface area contributed by atoms with Crippen LogP contribution in [0.3, 0.4) is 0 Å². The van der Waals surface area contributed by atoms with Gasteiger partial charge < -0.3 is 5.11 Å². The van der Waals surface area contributed by atoms with Crippen LogP contribution in [0.4, 0.5) is 5.69 Å². The molecule has 0 spiro atoms. The molecule has 0 atom stereocenters. The van der Waals surface area contributed by atoms with Crippen molar-refractivity contribution in [3.05, 3.63) is 37.4 Å². The first kappa shape index (κ1) is 11.7. The van der Waals surface area contributed by atoms with Gasteiger partial charge in [-0.05, 0) is 12.5 Å². The molecule has 15 heavy (non-hydrogen) atoms.